The first-order valence-electron chi connectivity index (χ1n) is 5.90. The number of benzene rings is 1. The third kappa shape index (κ3) is 2.98. The molecule has 0 spiro atoms. The Morgan fingerprint density at radius 2 is 1.84 bits per heavy atom. The molecule has 1 aliphatic heterocycles. The zero-order chi connectivity index (χ0) is 14.0. The van der Waals surface area contributed by atoms with Gasteiger partial charge in [-0.2, -0.15) is 13.2 Å². The van der Waals surface area contributed by atoms with Crippen LogP contribution in [0.5, 0.6) is 0 Å². The minimum absolute atomic E-state index is 0.0841. The van der Waals surface area contributed by atoms with Crippen molar-refractivity contribution in [3.63, 3.8) is 0 Å². The largest absolute Gasteiger partial charge is 0.416 e. The van der Waals surface area contributed by atoms with Crippen LogP contribution in [0.2, 0.25) is 0 Å². The average molecular weight is 273 g/mol. The number of nitrogens with zero attached hydrogens (tertiary/aromatic N) is 1. The summed E-state index contributed by atoms with van der Waals surface area (Å²) in [6, 6.07) is 3.31. The van der Waals surface area contributed by atoms with Gasteiger partial charge in [-0.05, 0) is 31.0 Å². The van der Waals surface area contributed by atoms with Crippen molar-refractivity contribution < 1.29 is 18.0 Å². The van der Waals surface area contributed by atoms with Gasteiger partial charge in [-0.15, -0.1) is 0 Å². The summed E-state index contributed by atoms with van der Waals surface area (Å²) in [5.41, 5.74) is 1.34. The molecule has 0 saturated carbocycles. The van der Waals surface area contributed by atoms with Crippen molar-refractivity contribution in [3.05, 3.63) is 29.3 Å². The second-order valence-electron chi connectivity index (χ2n) is 4.43. The molecule has 19 heavy (non-hydrogen) atoms. The highest BCUT2D eigenvalue weighted by atomic mass is 19.4. The quantitative estimate of drug-likeness (QED) is 0.491. The Morgan fingerprint density at radius 1 is 1.21 bits per heavy atom. The number of carbonyl (C=O) groups is 1. The van der Waals surface area contributed by atoms with Crippen molar-refractivity contribution in [2.24, 2.45) is 5.84 Å². The third-order valence-electron chi connectivity index (χ3n) is 3.11. The number of nitrogen functional groups attached to an aromatic ring is 1. The molecule has 2 rings (SSSR count). The molecule has 3 N–H and O–H groups in total. The number of amides is 1. The molecule has 0 atom stereocenters. The zero-order valence-corrected chi connectivity index (χ0v) is 10.1. The standard InChI is InChI=1S/C12H14F3N3O/c13-12(14,15)9-5-8(11(19)17-16)6-10(7-9)18-3-1-2-4-18/h5-7H,1-4,16H2,(H,17,19). The molecule has 0 radical (unpaired) electrons. The Kier molecular flexibility index (Phi) is 3.66. The fourth-order valence-electron chi connectivity index (χ4n) is 2.15. The van der Waals surface area contributed by atoms with Crippen LogP contribution in [0.15, 0.2) is 18.2 Å². The van der Waals surface area contributed by atoms with Gasteiger partial charge in [0.15, 0.2) is 0 Å². The molecule has 4 nitrogen and oxygen atoms in total. The monoisotopic (exact) mass is 273 g/mol. The van der Waals surface area contributed by atoms with E-state index >= 15 is 0 Å². The average Bonchev–Trinajstić information content (AvgIpc) is 2.90. The lowest BCUT2D eigenvalue weighted by molar-refractivity contribution is -0.137. The molecule has 0 bridgehead atoms. The second kappa shape index (κ2) is 5.08. The lowest BCUT2D eigenvalue weighted by Crippen LogP contribution is -2.30. The zero-order valence-electron chi connectivity index (χ0n) is 10.1. The van der Waals surface area contributed by atoms with E-state index in [1.165, 1.54) is 6.07 Å². The minimum atomic E-state index is -4.49. The van der Waals surface area contributed by atoms with Gasteiger partial charge in [0.25, 0.3) is 5.91 Å². The maximum Gasteiger partial charge on any atom is 0.416 e. The molecule has 0 unspecified atom stereocenters. The van der Waals surface area contributed by atoms with Crippen molar-refractivity contribution in [1.82, 2.24) is 5.43 Å². The van der Waals surface area contributed by atoms with E-state index < -0.39 is 17.6 Å². The van der Waals surface area contributed by atoms with Gasteiger partial charge in [-0.25, -0.2) is 5.84 Å². The van der Waals surface area contributed by atoms with Gasteiger partial charge < -0.3 is 4.90 Å². The van der Waals surface area contributed by atoms with E-state index in [0.29, 0.717) is 18.8 Å². The van der Waals surface area contributed by atoms with Gasteiger partial charge in [-0.3, -0.25) is 10.2 Å². The maximum absolute atomic E-state index is 12.8. The number of alkyl halides is 3. The van der Waals surface area contributed by atoms with Gasteiger partial charge in [0.1, 0.15) is 0 Å². The molecule has 1 amide bonds. The van der Waals surface area contributed by atoms with Crippen LogP contribution < -0.4 is 16.2 Å². The number of carbonyl (C=O) groups excluding carboxylic acids is 1. The first-order chi connectivity index (χ1) is 8.91. The van der Waals surface area contributed by atoms with Crippen molar-refractivity contribution in [3.8, 4) is 0 Å². The highest BCUT2D eigenvalue weighted by Crippen LogP contribution is 2.33. The Morgan fingerprint density at radius 3 is 2.37 bits per heavy atom. The maximum atomic E-state index is 12.8. The van der Waals surface area contributed by atoms with E-state index in [9.17, 15) is 18.0 Å². The number of rotatable bonds is 2. The summed E-state index contributed by atoms with van der Waals surface area (Å²) in [6.45, 7) is 1.40. The molecule has 7 heteroatoms. The Balaban J connectivity index is 2.45. The highest BCUT2D eigenvalue weighted by molar-refractivity contribution is 5.95. The molecule has 1 heterocycles. The Labute approximate surface area is 108 Å². The summed E-state index contributed by atoms with van der Waals surface area (Å²) >= 11 is 0. The predicted octanol–water partition coefficient (Wildman–Crippen LogP) is 1.91. The number of anilines is 1. The number of hydrogen-bond acceptors (Lipinski definition) is 3. The van der Waals surface area contributed by atoms with Crippen LogP contribution in [0.3, 0.4) is 0 Å². The van der Waals surface area contributed by atoms with E-state index in [2.05, 4.69) is 0 Å². The molecule has 1 aromatic rings. The van der Waals surface area contributed by atoms with E-state index in [4.69, 9.17) is 5.84 Å². The first kappa shape index (κ1) is 13.7. The van der Waals surface area contributed by atoms with Gasteiger partial charge in [-0.1, -0.05) is 0 Å². The lowest BCUT2D eigenvalue weighted by atomic mass is 10.1. The minimum Gasteiger partial charge on any atom is -0.372 e. The van der Waals surface area contributed by atoms with Crippen molar-refractivity contribution in [2.45, 2.75) is 19.0 Å². The van der Waals surface area contributed by atoms with Crippen molar-refractivity contribution in [2.75, 3.05) is 18.0 Å². The fourth-order valence-corrected chi connectivity index (χ4v) is 2.15. The van der Waals surface area contributed by atoms with Crippen LogP contribution >= 0.6 is 0 Å². The van der Waals surface area contributed by atoms with Gasteiger partial charge in [0.05, 0.1) is 5.56 Å². The SMILES string of the molecule is NNC(=O)c1cc(N2CCCC2)cc(C(F)(F)F)c1. The van der Waals surface area contributed by atoms with Crippen LogP contribution in [0.25, 0.3) is 0 Å². The molecular weight excluding hydrogens is 259 g/mol. The Bertz CT molecular complexity index is 482. The smallest absolute Gasteiger partial charge is 0.372 e. The molecule has 1 aliphatic rings. The summed E-state index contributed by atoms with van der Waals surface area (Å²) in [4.78, 5) is 13.3. The lowest BCUT2D eigenvalue weighted by Gasteiger charge is -2.20. The summed E-state index contributed by atoms with van der Waals surface area (Å²) in [5, 5.41) is 0. The summed E-state index contributed by atoms with van der Waals surface area (Å²) in [5.74, 6) is 4.24. The van der Waals surface area contributed by atoms with Gasteiger partial charge >= 0.3 is 6.18 Å². The highest BCUT2D eigenvalue weighted by Gasteiger charge is 2.32. The molecule has 1 fully saturated rings. The summed E-state index contributed by atoms with van der Waals surface area (Å²) in [7, 11) is 0. The van der Waals surface area contributed by atoms with Crippen LogP contribution in [0.1, 0.15) is 28.8 Å². The van der Waals surface area contributed by atoms with E-state index in [1.807, 2.05) is 10.3 Å². The molecule has 0 aromatic heterocycles. The fraction of sp³-hybridized carbons (Fsp3) is 0.417. The Hall–Kier alpha value is -1.76. The molecule has 104 valence electrons. The number of nitrogens with one attached hydrogen (secondary N) is 1. The topological polar surface area (TPSA) is 58.4 Å². The van der Waals surface area contributed by atoms with E-state index in [0.717, 1.165) is 25.0 Å². The summed E-state index contributed by atoms with van der Waals surface area (Å²) in [6.07, 6.45) is -2.61. The number of halogens is 3. The number of hydrogen-bond donors (Lipinski definition) is 2. The van der Waals surface area contributed by atoms with Crippen LogP contribution in [-0.2, 0) is 6.18 Å². The number of hydrazine groups is 1. The van der Waals surface area contributed by atoms with Crippen LogP contribution in [-0.4, -0.2) is 19.0 Å². The van der Waals surface area contributed by atoms with Crippen molar-refractivity contribution >= 4 is 11.6 Å². The molecule has 0 aliphatic carbocycles. The van der Waals surface area contributed by atoms with Crippen LogP contribution in [0, 0.1) is 0 Å². The third-order valence-corrected chi connectivity index (χ3v) is 3.11. The molecule has 1 saturated heterocycles. The van der Waals surface area contributed by atoms with Crippen molar-refractivity contribution in [1.29, 1.82) is 0 Å². The predicted molar refractivity (Wildman–Crippen MR) is 64.5 cm³/mol. The number of nitrogens with two attached hydrogens (primary N) is 1. The van der Waals surface area contributed by atoms with E-state index in [1.54, 1.807) is 0 Å². The van der Waals surface area contributed by atoms with Gasteiger partial charge in [0.2, 0.25) is 0 Å². The molecular formula is C12H14F3N3O. The van der Waals surface area contributed by atoms with Gasteiger partial charge in [0, 0.05) is 24.3 Å². The second-order valence-corrected chi connectivity index (χ2v) is 4.43. The van der Waals surface area contributed by atoms with Crippen LogP contribution in [0.4, 0.5) is 18.9 Å². The van der Waals surface area contributed by atoms with E-state index in [-0.39, 0.29) is 5.56 Å². The first-order valence-corrected chi connectivity index (χ1v) is 5.90. The normalized spacial score (nSPS) is 15.7. The summed E-state index contributed by atoms with van der Waals surface area (Å²) < 4.78 is 38.5. The molecule has 1 aromatic carbocycles.